The van der Waals surface area contributed by atoms with Crippen molar-refractivity contribution in [2.45, 2.75) is 18.2 Å². The summed E-state index contributed by atoms with van der Waals surface area (Å²) in [5.74, 6) is 0.374. The average molecular weight is 390 g/mol. The summed E-state index contributed by atoms with van der Waals surface area (Å²) in [7, 11) is -1.52. The molecule has 1 aromatic rings. The van der Waals surface area contributed by atoms with E-state index in [1.807, 2.05) is 0 Å². The predicted molar refractivity (Wildman–Crippen MR) is 92.2 cm³/mol. The number of likely N-dealkylation sites (N-methyl/N-ethyl adjacent to an activating group) is 1. The summed E-state index contributed by atoms with van der Waals surface area (Å²) in [4.78, 5) is 9.37. The van der Waals surface area contributed by atoms with Crippen molar-refractivity contribution in [3.63, 3.8) is 0 Å². The van der Waals surface area contributed by atoms with Crippen LogP contribution in [0, 0.1) is 0 Å². The third-order valence-corrected chi connectivity index (χ3v) is 5.76. The Balaban J connectivity index is 1.66. The van der Waals surface area contributed by atoms with Crippen molar-refractivity contribution >= 4 is 16.9 Å². The molecule has 0 amide bonds. The second kappa shape index (κ2) is 7.83. The SMILES string of the molecule is CCN1CCN(C2=NCCN2S(=O)c2ccc(OC(F)(F)F)cc2)CC1. The Bertz CT molecular complexity index is 673. The van der Waals surface area contributed by atoms with Crippen molar-refractivity contribution < 1.29 is 22.1 Å². The summed E-state index contributed by atoms with van der Waals surface area (Å²) in [5, 5.41) is 0. The maximum Gasteiger partial charge on any atom is 0.573 e. The summed E-state index contributed by atoms with van der Waals surface area (Å²) < 4.78 is 55.2. The monoisotopic (exact) mass is 390 g/mol. The minimum Gasteiger partial charge on any atom is -0.406 e. The Kier molecular flexibility index (Phi) is 5.71. The summed E-state index contributed by atoms with van der Waals surface area (Å²) in [5.41, 5.74) is 0. The number of hydrogen-bond donors (Lipinski definition) is 0. The van der Waals surface area contributed by atoms with Crippen LogP contribution in [0.4, 0.5) is 13.2 Å². The van der Waals surface area contributed by atoms with E-state index in [0.717, 1.165) is 32.7 Å². The van der Waals surface area contributed by atoms with E-state index in [2.05, 4.69) is 26.5 Å². The van der Waals surface area contributed by atoms with E-state index in [1.54, 1.807) is 4.31 Å². The molecule has 0 spiro atoms. The lowest BCUT2D eigenvalue weighted by atomic mass is 10.3. The number of halogens is 3. The molecule has 1 fully saturated rings. The summed E-state index contributed by atoms with van der Waals surface area (Å²) in [6.07, 6.45) is -4.74. The fraction of sp³-hybridized carbons (Fsp3) is 0.562. The highest BCUT2D eigenvalue weighted by Crippen LogP contribution is 2.25. The summed E-state index contributed by atoms with van der Waals surface area (Å²) in [6.45, 7) is 7.70. The van der Waals surface area contributed by atoms with Crippen LogP contribution in [0.2, 0.25) is 0 Å². The van der Waals surface area contributed by atoms with Gasteiger partial charge in [-0.3, -0.25) is 9.30 Å². The molecule has 144 valence electrons. The fourth-order valence-electron chi connectivity index (χ4n) is 2.98. The molecular weight excluding hydrogens is 369 g/mol. The average Bonchev–Trinajstić information content (AvgIpc) is 3.10. The molecule has 6 nitrogen and oxygen atoms in total. The van der Waals surface area contributed by atoms with Gasteiger partial charge in [-0.15, -0.1) is 13.2 Å². The standard InChI is InChI=1S/C16H21F3N4O2S/c1-2-21-9-11-22(12-10-21)15-20-7-8-23(15)26(24)14-5-3-13(4-6-14)25-16(17,18)19/h3-6H,2,7-12H2,1H3. The largest absolute Gasteiger partial charge is 0.573 e. The molecule has 2 heterocycles. The lowest BCUT2D eigenvalue weighted by Crippen LogP contribution is -2.52. The zero-order chi connectivity index (χ0) is 18.7. The highest BCUT2D eigenvalue weighted by Gasteiger charge is 2.32. The van der Waals surface area contributed by atoms with E-state index in [9.17, 15) is 17.4 Å². The number of guanidine groups is 1. The lowest BCUT2D eigenvalue weighted by Gasteiger charge is -2.37. The highest BCUT2D eigenvalue weighted by molar-refractivity contribution is 7.83. The topological polar surface area (TPSA) is 48.4 Å². The molecule has 10 heteroatoms. The Morgan fingerprint density at radius 1 is 1.12 bits per heavy atom. The van der Waals surface area contributed by atoms with Crippen molar-refractivity contribution in [3.05, 3.63) is 24.3 Å². The molecule has 26 heavy (non-hydrogen) atoms. The molecule has 2 aliphatic heterocycles. The summed E-state index contributed by atoms with van der Waals surface area (Å²) >= 11 is 0. The van der Waals surface area contributed by atoms with E-state index < -0.39 is 17.3 Å². The van der Waals surface area contributed by atoms with E-state index in [4.69, 9.17) is 0 Å². The van der Waals surface area contributed by atoms with Crippen LogP contribution in [-0.4, -0.2) is 76.4 Å². The Morgan fingerprint density at radius 3 is 2.35 bits per heavy atom. The first-order valence-corrected chi connectivity index (χ1v) is 9.55. The van der Waals surface area contributed by atoms with Crippen LogP contribution in [0.5, 0.6) is 5.75 Å². The van der Waals surface area contributed by atoms with Crippen LogP contribution in [0.15, 0.2) is 34.2 Å². The van der Waals surface area contributed by atoms with E-state index in [1.165, 1.54) is 24.3 Å². The number of piperazine rings is 1. The number of aliphatic imine (C=N–C) groups is 1. The van der Waals surface area contributed by atoms with Gasteiger partial charge in [0, 0.05) is 26.2 Å². The number of benzene rings is 1. The molecule has 1 aromatic carbocycles. The number of nitrogens with zero attached hydrogens (tertiary/aromatic N) is 4. The van der Waals surface area contributed by atoms with Gasteiger partial charge in [0.15, 0.2) is 11.0 Å². The third kappa shape index (κ3) is 4.47. The zero-order valence-electron chi connectivity index (χ0n) is 14.4. The van der Waals surface area contributed by atoms with Crippen molar-refractivity contribution in [2.24, 2.45) is 4.99 Å². The van der Waals surface area contributed by atoms with Gasteiger partial charge in [0.1, 0.15) is 5.75 Å². The lowest BCUT2D eigenvalue weighted by molar-refractivity contribution is -0.274. The first kappa shape index (κ1) is 19.0. The van der Waals surface area contributed by atoms with Gasteiger partial charge >= 0.3 is 6.36 Å². The summed E-state index contributed by atoms with van der Waals surface area (Å²) in [6, 6.07) is 5.13. The van der Waals surface area contributed by atoms with Gasteiger partial charge < -0.3 is 14.5 Å². The molecule has 3 rings (SSSR count). The van der Waals surface area contributed by atoms with E-state index >= 15 is 0 Å². The van der Waals surface area contributed by atoms with Gasteiger partial charge in [-0.25, -0.2) is 4.21 Å². The quantitative estimate of drug-likeness (QED) is 0.788. The van der Waals surface area contributed by atoms with Crippen molar-refractivity contribution in [2.75, 3.05) is 45.8 Å². The Morgan fingerprint density at radius 2 is 1.77 bits per heavy atom. The molecule has 0 saturated carbocycles. The van der Waals surface area contributed by atoms with E-state index in [-0.39, 0.29) is 5.75 Å². The van der Waals surface area contributed by atoms with Gasteiger partial charge in [0.05, 0.1) is 18.0 Å². The van der Waals surface area contributed by atoms with Gasteiger partial charge in [-0.1, -0.05) is 6.92 Å². The van der Waals surface area contributed by atoms with Crippen LogP contribution < -0.4 is 4.74 Å². The first-order chi connectivity index (χ1) is 12.4. The second-order valence-corrected chi connectivity index (χ2v) is 7.38. The second-order valence-electron chi connectivity index (χ2n) is 5.97. The fourth-order valence-corrected chi connectivity index (χ4v) is 4.18. The molecule has 0 N–H and O–H groups in total. The predicted octanol–water partition coefficient (Wildman–Crippen LogP) is 1.92. The molecule has 1 saturated heterocycles. The van der Waals surface area contributed by atoms with Crippen LogP contribution in [0.3, 0.4) is 0 Å². The van der Waals surface area contributed by atoms with Crippen molar-refractivity contribution in [1.29, 1.82) is 0 Å². The van der Waals surface area contributed by atoms with E-state index in [0.29, 0.717) is 23.9 Å². The molecular formula is C16H21F3N4O2S. The van der Waals surface area contributed by atoms with Crippen LogP contribution in [0.25, 0.3) is 0 Å². The number of alkyl halides is 3. The minimum atomic E-state index is -4.74. The molecule has 0 aliphatic carbocycles. The van der Waals surface area contributed by atoms with Gasteiger partial charge in [0.2, 0.25) is 5.96 Å². The number of ether oxygens (including phenoxy) is 1. The van der Waals surface area contributed by atoms with Crippen molar-refractivity contribution in [3.8, 4) is 5.75 Å². The van der Waals surface area contributed by atoms with Crippen LogP contribution in [-0.2, 0) is 11.0 Å². The highest BCUT2D eigenvalue weighted by atomic mass is 32.2. The minimum absolute atomic E-state index is 0.329. The molecule has 2 aliphatic rings. The Labute approximate surface area is 152 Å². The van der Waals surface area contributed by atoms with Crippen LogP contribution >= 0.6 is 0 Å². The van der Waals surface area contributed by atoms with Gasteiger partial charge in [-0.2, -0.15) is 0 Å². The third-order valence-electron chi connectivity index (χ3n) is 4.34. The Hall–Kier alpha value is -1.81. The maximum atomic E-state index is 12.9. The smallest absolute Gasteiger partial charge is 0.406 e. The number of hydrogen-bond acceptors (Lipinski definition) is 5. The zero-order valence-corrected chi connectivity index (χ0v) is 15.2. The molecule has 1 atom stereocenters. The maximum absolute atomic E-state index is 12.9. The van der Waals surface area contributed by atoms with Crippen LogP contribution in [0.1, 0.15) is 6.92 Å². The normalized spacial score (nSPS) is 20.2. The molecule has 0 aromatic heterocycles. The number of rotatable bonds is 4. The first-order valence-electron chi connectivity index (χ1n) is 8.44. The van der Waals surface area contributed by atoms with Gasteiger partial charge in [-0.05, 0) is 30.8 Å². The molecule has 1 unspecified atom stereocenters. The molecule has 0 radical (unpaired) electrons. The molecule has 0 bridgehead atoms. The van der Waals surface area contributed by atoms with Crippen molar-refractivity contribution in [1.82, 2.24) is 14.1 Å². The van der Waals surface area contributed by atoms with Gasteiger partial charge in [0.25, 0.3) is 0 Å².